The van der Waals surface area contributed by atoms with Crippen molar-refractivity contribution in [1.29, 1.82) is 0 Å². The number of alkyl halides is 6. The maximum Gasteiger partial charge on any atom is 0.451 e. The van der Waals surface area contributed by atoms with Crippen molar-refractivity contribution < 1.29 is 26.3 Å². The molecule has 0 spiro atoms. The Hall–Kier alpha value is -4.97. The maximum atomic E-state index is 15.1. The Balaban J connectivity index is 1.87. The zero-order valence-electron chi connectivity index (χ0n) is 44.4. The van der Waals surface area contributed by atoms with E-state index in [0.29, 0.717) is 43.1 Å². The zero-order valence-corrected chi connectivity index (χ0v) is 48.4. The summed E-state index contributed by atoms with van der Waals surface area (Å²) in [6.45, 7) is 42.4. The van der Waals surface area contributed by atoms with E-state index in [1.54, 1.807) is 24.3 Å². The third kappa shape index (κ3) is 9.12. The van der Waals surface area contributed by atoms with Crippen molar-refractivity contribution in [2.45, 2.75) is 168 Å². The van der Waals surface area contributed by atoms with Crippen molar-refractivity contribution in [3.05, 3.63) is 58.2 Å². The highest BCUT2D eigenvalue weighted by Gasteiger charge is 2.40. The van der Waals surface area contributed by atoms with Crippen molar-refractivity contribution in [3.8, 4) is 45.9 Å². The molecule has 0 radical (unpaired) electrons. The summed E-state index contributed by atoms with van der Waals surface area (Å²) in [7, 11) is -9.51. The molecular weight excluding hydrogens is 955 g/mol. The first-order chi connectivity index (χ1) is 31.5. The molecule has 0 unspecified atom stereocenters. The van der Waals surface area contributed by atoms with Crippen LogP contribution in [0.25, 0.3) is 65.2 Å². The highest BCUT2D eigenvalue weighted by molar-refractivity contribution is 6.89. The summed E-state index contributed by atoms with van der Waals surface area (Å²) in [5, 5.41) is 3.66. The molecular formula is C56H64F6N4Si4. The average molecular weight is 1020 g/mol. The first kappa shape index (κ1) is 52.8. The van der Waals surface area contributed by atoms with Crippen LogP contribution in [0.15, 0.2) is 24.3 Å². The fraction of sp³-hybridized carbons (Fsp3) is 0.464. The second-order valence-electron chi connectivity index (χ2n) is 25.4. The van der Waals surface area contributed by atoms with Gasteiger partial charge in [0.15, 0.2) is 0 Å². The molecule has 5 aromatic carbocycles. The number of nitrogens with zero attached hydrogens (tertiary/aromatic N) is 4. The van der Waals surface area contributed by atoms with E-state index in [2.05, 4.69) is 201 Å². The number of rotatable bonds is 0. The predicted octanol–water partition coefficient (Wildman–Crippen LogP) is 16.7. The molecule has 0 saturated carbocycles. The molecule has 0 atom stereocenters. The predicted molar refractivity (Wildman–Crippen MR) is 291 cm³/mol. The molecule has 0 saturated heterocycles. The molecule has 0 bridgehead atoms. The van der Waals surface area contributed by atoms with E-state index in [1.807, 2.05) is 0 Å². The van der Waals surface area contributed by atoms with E-state index in [0.717, 1.165) is 0 Å². The molecule has 2 aromatic heterocycles. The van der Waals surface area contributed by atoms with Crippen molar-refractivity contribution >= 4 is 97.5 Å². The lowest BCUT2D eigenvalue weighted by Crippen LogP contribution is -2.35. The number of benzene rings is 5. The standard InChI is InChI=1S/C56H64F6N4Si4/c1-51(2,3)67(13,14)25-21-33-29-37-38-30-35(23-27-69(17,18)53(7,8)9)47-44-42(38)40(32-36(24-28-70(19,20)54(10,11)12)48(44)66-50(65-47)56(60,61)62)39-31-34(22-26-68(15,16)52(4,5)6)46-43(41(37)39)45(33)63-49(64-46)55(57,58)59/h29-32H,1-20H3. The number of hydrogen-bond donors (Lipinski definition) is 0. The second-order valence-corrected chi connectivity index (χ2v) is 45.4. The van der Waals surface area contributed by atoms with Crippen LogP contribution in [0.1, 0.15) is 117 Å². The van der Waals surface area contributed by atoms with Crippen LogP contribution in [0.2, 0.25) is 72.5 Å². The van der Waals surface area contributed by atoms with E-state index in [-0.39, 0.29) is 64.5 Å². The Labute approximate surface area is 413 Å². The number of aromatic nitrogens is 4. The van der Waals surface area contributed by atoms with Crippen molar-refractivity contribution in [2.24, 2.45) is 0 Å². The average Bonchev–Trinajstić information content (AvgIpc) is 3.19. The number of halogens is 6. The molecule has 0 aliphatic rings. The van der Waals surface area contributed by atoms with Crippen LogP contribution < -0.4 is 0 Å². The van der Waals surface area contributed by atoms with Gasteiger partial charge in [-0.3, -0.25) is 0 Å². The van der Waals surface area contributed by atoms with Gasteiger partial charge in [0.25, 0.3) is 0 Å². The third-order valence-corrected chi connectivity index (χ3v) is 34.2. The highest BCUT2D eigenvalue weighted by atomic mass is 28.3. The van der Waals surface area contributed by atoms with Gasteiger partial charge in [-0.15, -0.1) is 22.2 Å². The van der Waals surface area contributed by atoms with Gasteiger partial charge in [0.1, 0.15) is 32.3 Å². The van der Waals surface area contributed by atoms with Crippen LogP contribution in [0.4, 0.5) is 26.3 Å². The Kier molecular flexibility index (Phi) is 12.3. The minimum Gasteiger partial charge on any atom is -0.223 e. The monoisotopic (exact) mass is 1020 g/mol. The van der Waals surface area contributed by atoms with Crippen LogP contribution in [0, 0.1) is 45.9 Å². The quantitative estimate of drug-likeness (QED) is 0.0499. The lowest BCUT2D eigenvalue weighted by atomic mass is 9.84. The summed E-state index contributed by atoms with van der Waals surface area (Å²) >= 11 is 0. The zero-order chi connectivity index (χ0) is 52.7. The molecule has 0 aliphatic heterocycles. The van der Waals surface area contributed by atoms with Crippen molar-refractivity contribution in [3.63, 3.8) is 0 Å². The first-order valence-corrected chi connectivity index (χ1v) is 35.7. The SMILES string of the molecule is CC(C)(C)[Si](C)(C)C#Cc1cc2c3cc(C#C[Si](C)(C)C(C)(C)C)c4nc(C(F)(F)F)nc5c(C#C[Si](C)(C)C(C)(C)C)cc(c6cc(C#C[Si](C)(C)C(C)(C)C)c7nc(C(F)(F)F)nc1c7c26)c3c45. The van der Waals surface area contributed by atoms with Gasteiger partial charge in [0.2, 0.25) is 11.6 Å². The molecule has 7 aromatic rings. The van der Waals surface area contributed by atoms with Crippen LogP contribution in [-0.4, -0.2) is 52.2 Å². The van der Waals surface area contributed by atoms with Crippen LogP contribution in [0.5, 0.6) is 0 Å². The van der Waals surface area contributed by atoms with Gasteiger partial charge in [-0.2, -0.15) is 26.3 Å². The highest BCUT2D eigenvalue weighted by Crippen LogP contribution is 2.49. The molecule has 14 heteroatoms. The van der Waals surface area contributed by atoms with Crippen LogP contribution in [-0.2, 0) is 12.4 Å². The topological polar surface area (TPSA) is 51.6 Å². The smallest absolute Gasteiger partial charge is 0.223 e. The molecule has 0 fully saturated rings. The maximum absolute atomic E-state index is 15.1. The number of fused-ring (bicyclic) bond motifs is 2. The summed E-state index contributed by atoms with van der Waals surface area (Å²) < 4.78 is 90.6. The summed E-state index contributed by atoms with van der Waals surface area (Å²) in [6, 6.07) is 7.20. The van der Waals surface area contributed by atoms with Gasteiger partial charge in [-0.05, 0) is 66.0 Å². The molecule has 2 heterocycles. The van der Waals surface area contributed by atoms with Gasteiger partial charge < -0.3 is 0 Å². The summed E-state index contributed by atoms with van der Waals surface area (Å²) in [5.74, 6) is 10.9. The van der Waals surface area contributed by atoms with Crippen molar-refractivity contribution in [2.75, 3.05) is 0 Å². The Morgan fingerprint density at radius 1 is 0.329 bits per heavy atom. The van der Waals surface area contributed by atoms with E-state index in [1.165, 1.54) is 0 Å². The van der Waals surface area contributed by atoms with Gasteiger partial charge in [-0.1, -0.05) is 159 Å². The third-order valence-electron chi connectivity index (χ3n) is 16.2. The molecule has 0 amide bonds. The fourth-order valence-corrected chi connectivity index (χ4v) is 10.6. The lowest BCUT2D eigenvalue weighted by Gasteiger charge is -2.31. The van der Waals surface area contributed by atoms with E-state index >= 15 is 26.3 Å². The van der Waals surface area contributed by atoms with E-state index in [4.69, 9.17) is 0 Å². The van der Waals surface area contributed by atoms with Crippen LogP contribution >= 0.6 is 0 Å². The number of hydrogen-bond acceptors (Lipinski definition) is 4. The Bertz CT molecular complexity index is 3130. The summed E-state index contributed by atoms with van der Waals surface area (Å²) in [6.07, 6.45) is -9.81. The minimum absolute atomic E-state index is 0.0545. The molecule has 70 heavy (non-hydrogen) atoms. The molecule has 0 aliphatic carbocycles. The minimum atomic E-state index is -4.90. The molecule has 7 rings (SSSR count). The molecule has 0 N–H and O–H groups in total. The normalized spacial score (nSPS) is 14.0. The molecule has 4 nitrogen and oxygen atoms in total. The largest absolute Gasteiger partial charge is 0.451 e. The lowest BCUT2D eigenvalue weighted by molar-refractivity contribution is -0.145. The Morgan fingerprint density at radius 2 is 0.514 bits per heavy atom. The van der Waals surface area contributed by atoms with E-state index < -0.39 is 56.3 Å². The van der Waals surface area contributed by atoms with Gasteiger partial charge in [-0.25, -0.2) is 19.9 Å². The van der Waals surface area contributed by atoms with Gasteiger partial charge >= 0.3 is 12.4 Å². The van der Waals surface area contributed by atoms with E-state index in [9.17, 15) is 0 Å². The summed E-state index contributed by atoms with van der Waals surface area (Å²) in [4.78, 5) is 17.3. The Morgan fingerprint density at radius 3 is 0.671 bits per heavy atom. The summed E-state index contributed by atoms with van der Waals surface area (Å²) in [5.41, 5.74) is 15.5. The van der Waals surface area contributed by atoms with Gasteiger partial charge in [0.05, 0.1) is 44.3 Å². The first-order valence-electron chi connectivity index (χ1n) is 23.7. The second kappa shape index (κ2) is 16.3. The van der Waals surface area contributed by atoms with Gasteiger partial charge in [0, 0.05) is 21.5 Å². The van der Waals surface area contributed by atoms with Crippen molar-refractivity contribution in [1.82, 2.24) is 19.9 Å². The fourth-order valence-electron chi connectivity index (χ4n) is 7.27. The van der Waals surface area contributed by atoms with Crippen LogP contribution in [0.3, 0.4) is 0 Å². The molecule has 366 valence electrons.